The van der Waals surface area contributed by atoms with Crippen LogP contribution in [0.15, 0.2) is 23.8 Å². The van der Waals surface area contributed by atoms with Gasteiger partial charge in [-0.3, -0.25) is 4.79 Å². The molecule has 10 heavy (non-hydrogen) atoms. The van der Waals surface area contributed by atoms with E-state index in [1.807, 2.05) is 32.9 Å². The van der Waals surface area contributed by atoms with Gasteiger partial charge in [-0.25, -0.2) is 0 Å². The van der Waals surface area contributed by atoms with Crippen molar-refractivity contribution in [1.29, 1.82) is 0 Å². The molecular formula is C9H12O. The van der Waals surface area contributed by atoms with Crippen molar-refractivity contribution >= 4 is 5.78 Å². The highest BCUT2D eigenvalue weighted by Gasteiger charge is 2.23. The third-order valence-corrected chi connectivity index (χ3v) is 1.58. The van der Waals surface area contributed by atoms with Crippen LogP contribution < -0.4 is 0 Å². The zero-order valence-corrected chi connectivity index (χ0v) is 6.64. The minimum absolute atomic E-state index is 0.000579. The fourth-order valence-electron chi connectivity index (χ4n) is 1.02. The Morgan fingerprint density at radius 3 is 2.10 bits per heavy atom. The second-order valence-corrected chi connectivity index (χ2v) is 3.55. The van der Waals surface area contributed by atoms with Gasteiger partial charge in [-0.2, -0.15) is 0 Å². The molecule has 1 aliphatic carbocycles. The van der Waals surface area contributed by atoms with Gasteiger partial charge in [-0.05, 0) is 11.5 Å². The van der Waals surface area contributed by atoms with Crippen LogP contribution in [-0.2, 0) is 4.79 Å². The molecule has 54 valence electrons. The monoisotopic (exact) mass is 136 g/mol. The molecule has 0 N–H and O–H groups in total. The van der Waals surface area contributed by atoms with Crippen LogP contribution in [0.1, 0.15) is 20.8 Å². The fourth-order valence-corrected chi connectivity index (χ4v) is 1.02. The van der Waals surface area contributed by atoms with E-state index in [9.17, 15) is 4.79 Å². The van der Waals surface area contributed by atoms with E-state index in [1.54, 1.807) is 6.08 Å². The SMILES string of the molecule is CC(C)(C)C1=CC=CC1=O. The van der Waals surface area contributed by atoms with E-state index in [2.05, 4.69) is 0 Å². The molecule has 1 rings (SSSR count). The first-order valence-electron chi connectivity index (χ1n) is 3.45. The second kappa shape index (κ2) is 2.08. The van der Waals surface area contributed by atoms with E-state index in [0.717, 1.165) is 5.57 Å². The first-order valence-corrected chi connectivity index (χ1v) is 3.45. The Hall–Kier alpha value is -0.850. The predicted molar refractivity (Wildman–Crippen MR) is 41.7 cm³/mol. The van der Waals surface area contributed by atoms with Crippen molar-refractivity contribution in [1.82, 2.24) is 0 Å². The minimum Gasteiger partial charge on any atom is -0.290 e. The molecule has 1 nitrogen and oxygen atoms in total. The second-order valence-electron chi connectivity index (χ2n) is 3.55. The van der Waals surface area contributed by atoms with Gasteiger partial charge in [-0.1, -0.05) is 32.9 Å². The molecule has 1 aliphatic rings. The summed E-state index contributed by atoms with van der Waals surface area (Å²) in [6.07, 6.45) is 5.31. The Kier molecular flexibility index (Phi) is 1.51. The highest BCUT2D eigenvalue weighted by Crippen LogP contribution is 2.28. The molecule has 0 saturated heterocycles. The third-order valence-electron chi connectivity index (χ3n) is 1.58. The zero-order valence-electron chi connectivity index (χ0n) is 6.64. The van der Waals surface area contributed by atoms with Crippen molar-refractivity contribution in [3.63, 3.8) is 0 Å². The Bertz CT molecular complexity index is 213. The van der Waals surface area contributed by atoms with Crippen LogP contribution in [-0.4, -0.2) is 5.78 Å². The normalized spacial score (nSPS) is 17.9. The average Bonchev–Trinajstić information content (AvgIpc) is 2.11. The van der Waals surface area contributed by atoms with Gasteiger partial charge in [0.2, 0.25) is 0 Å². The molecule has 0 radical (unpaired) electrons. The highest BCUT2D eigenvalue weighted by molar-refractivity contribution is 6.07. The largest absolute Gasteiger partial charge is 0.290 e. The summed E-state index contributed by atoms with van der Waals surface area (Å²) >= 11 is 0. The van der Waals surface area contributed by atoms with Crippen molar-refractivity contribution in [2.24, 2.45) is 5.41 Å². The lowest BCUT2D eigenvalue weighted by molar-refractivity contribution is -0.111. The number of carbonyl (C=O) groups is 1. The van der Waals surface area contributed by atoms with Crippen molar-refractivity contribution < 1.29 is 4.79 Å². The summed E-state index contributed by atoms with van der Waals surface area (Å²) in [4.78, 5) is 11.1. The fraction of sp³-hybridized carbons (Fsp3) is 0.444. The zero-order chi connectivity index (χ0) is 7.78. The van der Waals surface area contributed by atoms with Gasteiger partial charge < -0.3 is 0 Å². The van der Waals surface area contributed by atoms with E-state index in [-0.39, 0.29) is 11.2 Å². The number of ketones is 1. The standard InChI is InChI=1S/C9H12O/c1-9(2,3)7-5-4-6-8(7)10/h4-6H,1-3H3. The maximum absolute atomic E-state index is 11.1. The smallest absolute Gasteiger partial charge is 0.182 e. The number of hydrogen-bond acceptors (Lipinski definition) is 1. The van der Waals surface area contributed by atoms with Gasteiger partial charge in [0.1, 0.15) is 0 Å². The number of allylic oxidation sites excluding steroid dienone is 4. The molecule has 0 aromatic rings. The lowest BCUT2D eigenvalue weighted by Crippen LogP contribution is -2.14. The molecule has 0 amide bonds. The summed E-state index contributed by atoms with van der Waals surface area (Å²) in [6.45, 7) is 6.14. The van der Waals surface area contributed by atoms with Gasteiger partial charge in [-0.15, -0.1) is 0 Å². The molecule has 1 heteroatoms. The number of hydrogen-bond donors (Lipinski definition) is 0. The van der Waals surface area contributed by atoms with Crippen LogP contribution in [0.5, 0.6) is 0 Å². The van der Waals surface area contributed by atoms with E-state index >= 15 is 0 Å². The molecule has 0 fully saturated rings. The highest BCUT2D eigenvalue weighted by atomic mass is 16.1. The Balaban J connectivity index is 2.88. The first-order chi connectivity index (χ1) is 4.52. The van der Waals surface area contributed by atoms with Gasteiger partial charge in [0, 0.05) is 5.57 Å². The maximum Gasteiger partial charge on any atom is 0.182 e. The molecule has 0 bridgehead atoms. The maximum atomic E-state index is 11.1. The molecule has 0 spiro atoms. The van der Waals surface area contributed by atoms with E-state index < -0.39 is 0 Å². The molecule has 0 atom stereocenters. The van der Waals surface area contributed by atoms with Crippen molar-refractivity contribution in [2.45, 2.75) is 20.8 Å². The van der Waals surface area contributed by atoms with Crippen LogP contribution in [0.4, 0.5) is 0 Å². The van der Waals surface area contributed by atoms with Crippen LogP contribution in [0, 0.1) is 5.41 Å². The van der Waals surface area contributed by atoms with Crippen LogP contribution in [0.3, 0.4) is 0 Å². The van der Waals surface area contributed by atoms with E-state index in [0.29, 0.717) is 0 Å². The molecule has 0 aliphatic heterocycles. The molecule has 0 unspecified atom stereocenters. The Labute approximate surface area is 61.4 Å². The van der Waals surface area contributed by atoms with Crippen molar-refractivity contribution in [3.8, 4) is 0 Å². The first kappa shape index (κ1) is 7.26. The van der Waals surface area contributed by atoms with E-state index in [1.165, 1.54) is 0 Å². The predicted octanol–water partition coefficient (Wildman–Crippen LogP) is 2.10. The van der Waals surface area contributed by atoms with E-state index in [4.69, 9.17) is 0 Å². The lowest BCUT2D eigenvalue weighted by Gasteiger charge is -2.18. The molecule has 0 aromatic heterocycles. The van der Waals surface area contributed by atoms with Crippen LogP contribution in [0.25, 0.3) is 0 Å². The summed E-state index contributed by atoms with van der Waals surface area (Å²) in [5, 5.41) is 0. The van der Waals surface area contributed by atoms with Gasteiger partial charge >= 0.3 is 0 Å². The van der Waals surface area contributed by atoms with Crippen LogP contribution in [0.2, 0.25) is 0 Å². The number of carbonyl (C=O) groups excluding carboxylic acids is 1. The molecule has 0 aromatic carbocycles. The summed E-state index contributed by atoms with van der Waals surface area (Å²) < 4.78 is 0. The quantitative estimate of drug-likeness (QED) is 0.498. The summed E-state index contributed by atoms with van der Waals surface area (Å²) in [7, 11) is 0. The van der Waals surface area contributed by atoms with Crippen molar-refractivity contribution in [3.05, 3.63) is 23.8 Å². The van der Waals surface area contributed by atoms with Crippen LogP contribution >= 0.6 is 0 Å². The van der Waals surface area contributed by atoms with Gasteiger partial charge in [0.15, 0.2) is 5.78 Å². The van der Waals surface area contributed by atoms with Crippen molar-refractivity contribution in [2.75, 3.05) is 0 Å². The number of rotatable bonds is 0. The lowest BCUT2D eigenvalue weighted by atomic mass is 9.85. The molecular weight excluding hydrogens is 124 g/mol. The summed E-state index contributed by atoms with van der Waals surface area (Å²) in [5.41, 5.74) is 0.910. The minimum atomic E-state index is 0.000579. The van der Waals surface area contributed by atoms with Gasteiger partial charge in [0.25, 0.3) is 0 Å². The Morgan fingerprint density at radius 1 is 1.30 bits per heavy atom. The Morgan fingerprint density at radius 2 is 1.90 bits per heavy atom. The average molecular weight is 136 g/mol. The molecule has 0 saturated carbocycles. The topological polar surface area (TPSA) is 17.1 Å². The summed E-state index contributed by atoms with van der Waals surface area (Å²) in [6, 6.07) is 0. The van der Waals surface area contributed by atoms with Gasteiger partial charge in [0.05, 0.1) is 0 Å². The molecule has 0 heterocycles. The summed E-state index contributed by atoms with van der Waals surface area (Å²) in [5.74, 6) is 0.160. The third kappa shape index (κ3) is 1.18.